The molecule has 4 nitrogen and oxygen atoms in total. The van der Waals surface area contributed by atoms with Gasteiger partial charge in [-0.3, -0.25) is 10.1 Å². The molecule has 0 aliphatic heterocycles. The molecule has 0 saturated heterocycles. The lowest BCUT2D eigenvalue weighted by Gasteiger charge is -2.28. The van der Waals surface area contributed by atoms with E-state index in [-0.39, 0.29) is 12.6 Å². The summed E-state index contributed by atoms with van der Waals surface area (Å²) in [5.74, 6) is 0.818. The van der Waals surface area contributed by atoms with Crippen LogP contribution in [-0.4, -0.2) is 45.9 Å². The lowest BCUT2D eigenvalue weighted by atomic mass is 9.95. The third-order valence-electron chi connectivity index (χ3n) is 2.28. The summed E-state index contributed by atoms with van der Waals surface area (Å²) in [6.07, 6.45) is 1.45. The number of aliphatic hydroxyl groups is 1. The van der Waals surface area contributed by atoms with E-state index in [1.54, 1.807) is 18.7 Å². The average Bonchev–Trinajstić information content (AvgIpc) is 2.16. The first-order valence-corrected chi connectivity index (χ1v) is 6.77. The SMILES string of the molecule is CC(C)NC(C)(CCCSCCO)C(=O)O. The maximum atomic E-state index is 11.2. The second kappa shape index (κ2) is 7.92. The highest BCUT2D eigenvalue weighted by Gasteiger charge is 2.32. The van der Waals surface area contributed by atoms with Gasteiger partial charge in [0, 0.05) is 11.8 Å². The molecule has 0 rings (SSSR count). The zero-order valence-electron chi connectivity index (χ0n) is 10.3. The topological polar surface area (TPSA) is 69.6 Å². The lowest BCUT2D eigenvalue weighted by molar-refractivity contribution is -0.144. The summed E-state index contributed by atoms with van der Waals surface area (Å²) < 4.78 is 0. The van der Waals surface area contributed by atoms with Crippen LogP contribution in [0, 0.1) is 0 Å². The van der Waals surface area contributed by atoms with Crippen LogP contribution in [0.4, 0.5) is 0 Å². The Bertz CT molecular complexity index is 211. The minimum atomic E-state index is -0.839. The zero-order valence-corrected chi connectivity index (χ0v) is 11.1. The van der Waals surface area contributed by atoms with Crippen molar-refractivity contribution in [2.24, 2.45) is 0 Å². The molecule has 0 aromatic rings. The molecule has 0 aliphatic rings. The van der Waals surface area contributed by atoms with Crippen LogP contribution in [-0.2, 0) is 4.79 Å². The molecule has 0 heterocycles. The molecule has 96 valence electrons. The zero-order chi connectivity index (χ0) is 12.6. The fraction of sp³-hybridized carbons (Fsp3) is 0.909. The van der Waals surface area contributed by atoms with Crippen molar-refractivity contribution in [3.63, 3.8) is 0 Å². The number of nitrogens with one attached hydrogen (secondary N) is 1. The Morgan fingerprint density at radius 3 is 2.50 bits per heavy atom. The number of aliphatic carboxylic acids is 1. The van der Waals surface area contributed by atoms with Crippen molar-refractivity contribution < 1.29 is 15.0 Å². The molecule has 0 bridgehead atoms. The molecule has 3 N–H and O–H groups in total. The summed E-state index contributed by atoms with van der Waals surface area (Å²) >= 11 is 1.65. The Hall–Kier alpha value is -0.260. The van der Waals surface area contributed by atoms with Gasteiger partial charge in [0.1, 0.15) is 5.54 Å². The first-order valence-electron chi connectivity index (χ1n) is 5.62. The Kier molecular flexibility index (Phi) is 7.80. The third-order valence-corrected chi connectivity index (χ3v) is 3.33. The predicted molar refractivity (Wildman–Crippen MR) is 68.0 cm³/mol. The van der Waals surface area contributed by atoms with Crippen molar-refractivity contribution >= 4 is 17.7 Å². The molecule has 0 saturated carbocycles. The Balaban J connectivity index is 3.98. The average molecular weight is 249 g/mol. The molecule has 0 radical (unpaired) electrons. The van der Waals surface area contributed by atoms with Crippen LogP contribution >= 0.6 is 11.8 Å². The van der Waals surface area contributed by atoms with Crippen LogP contribution in [0.15, 0.2) is 0 Å². The Labute approximate surface area is 102 Å². The second-order valence-electron chi connectivity index (χ2n) is 4.38. The van der Waals surface area contributed by atoms with Crippen molar-refractivity contribution in [3.05, 3.63) is 0 Å². The third kappa shape index (κ3) is 6.35. The quantitative estimate of drug-likeness (QED) is 0.538. The highest BCUT2D eigenvalue weighted by Crippen LogP contribution is 2.16. The summed E-state index contributed by atoms with van der Waals surface area (Å²) in [6.45, 7) is 5.81. The van der Waals surface area contributed by atoms with Gasteiger partial charge in [0.2, 0.25) is 0 Å². The van der Waals surface area contributed by atoms with Crippen LogP contribution in [0.1, 0.15) is 33.6 Å². The van der Waals surface area contributed by atoms with Crippen molar-refractivity contribution in [2.75, 3.05) is 18.1 Å². The van der Waals surface area contributed by atoms with Crippen molar-refractivity contribution in [1.82, 2.24) is 5.32 Å². The van der Waals surface area contributed by atoms with Gasteiger partial charge in [-0.1, -0.05) is 0 Å². The highest BCUT2D eigenvalue weighted by atomic mass is 32.2. The van der Waals surface area contributed by atoms with E-state index in [0.717, 1.165) is 17.9 Å². The summed E-state index contributed by atoms with van der Waals surface area (Å²) in [7, 11) is 0. The minimum absolute atomic E-state index is 0.159. The molecule has 0 amide bonds. The number of carboxylic acid groups (broad SMARTS) is 1. The molecule has 1 unspecified atom stereocenters. The number of carboxylic acids is 1. The molecular weight excluding hydrogens is 226 g/mol. The van der Waals surface area contributed by atoms with Gasteiger partial charge >= 0.3 is 5.97 Å². The smallest absolute Gasteiger partial charge is 0.323 e. The van der Waals surface area contributed by atoms with Gasteiger partial charge < -0.3 is 10.2 Å². The summed E-state index contributed by atoms with van der Waals surface area (Å²) in [4.78, 5) is 11.2. The van der Waals surface area contributed by atoms with E-state index in [4.69, 9.17) is 5.11 Å². The Morgan fingerprint density at radius 1 is 1.44 bits per heavy atom. The lowest BCUT2D eigenvalue weighted by Crippen LogP contribution is -2.52. The largest absolute Gasteiger partial charge is 0.480 e. The van der Waals surface area contributed by atoms with Crippen LogP contribution in [0.3, 0.4) is 0 Å². The fourth-order valence-electron chi connectivity index (χ4n) is 1.57. The number of thioether (sulfide) groups is 1. The molecule has 16 heavy (non-hydrogen) atoms. The monoisotopic (exact) mass is 249 g/mol. The standard InChI is InChI=1S/C11H23NO3S/c1-9(2)12-11(3,10(14)15)5-4-7-16-8-6-13/h9,12-13H,4-8H2,1-3H3,(H,14,15). The molecule has 0 fully saturated rings. The maximum Gasteiger partial charge on any atom is 0.323 e. The van der Waals surface area contributed by atoms with E-state index < -0.39 is 11.5 Å². The van der Waals surface area contributed by atoms with Crippen LogP contribution < -0.4 is 5.32 Å². The van der Waals surface area contributed by atoms with Gasteiger partial charge in [0.25, 0.3) is 0 Å². The number of hydrogen-bond donors (Lipinski definition) is 3. The van der Waals surface area contributed by atoms with E-state index in [1.165, 1.54) is 0 Å². The molecule has 0 aromatic heterocycles. The molecule has 0 aromatic carbocycles. The normalized spacial score (nSPS) is 15.1. The van der Waals surface area contributed by atoms with Gasteiger partial charge in [-0.15, -0.1) is 0 Å². The van der Waals surface area contributed by atoms with Gasteiger partial charge in [-0.2, -0.15) is 11.8 Å². The summed E-state index contributed by atoms with van der Waals surface area (Å²) in [5, 5.41) is 20.9. The second-order valence-corrected chi connectivity index (χ2v) is 5.60. The Morgan fingerprint density at radius 2 is 2.06 bits per heavy atom. The van der Waals surface area contributed by atoms with E-state index in [9.17, 15) is 9.90 Å². The van der Waals surface area contributed by atoms with Crippen LogP contribution in [0.25, 0.3) is 0 Å². The van der Waals surface area contributed by atoms with Crippen LogP contribution in [0.2, 0.25) is 0 Å². The number of rotatable bonds is 9. The molecule has 1 atom stereocenters. The van der Waals surface area contributed by atoms with E-state index in [1.807, 2.05) is 13.8 Å². The van der Waals surface area contributed by atoms with E-state index in [0.29, 0.717) is 6.42 Å². The number of carbonyl (C=O) groups is 1. The van der Waals surface area contributed by atoms with Crippen molar-refractivity contribution in [1.29, 1.82) is 0 Å². The highest BCUT2D eigenvalue weighted by molar-refractivity contribution is 7.99. The van der Waals surface area contributed by atoms with Gasteiger partial charge in [0.15, 0.2) is 0 Å². The van der Waals surface area contributed by atoms with Crippen LogP contribution in [0.5, 0.6) is 0 Å². The van der Waals surface area contributed by atoms with Gasteiger partial charge in [-0.25, -0.2) is 0 Å². The first-order chi connectivity index (χ1) is 7.42. The van der Waals surface area contributed by atoms with Crippen molar-refractivity contribution in [2.45, 2.75) is 45.2 Å². The molecule has 0 spiro atoms. The van der Waals surface area contributed by atoms with E-state index >= 15 is 0 Å². The summed E-state index contributed by atoms with van der Waals surface area (Å²) in [6, 6.07) is 0.159. The van der Waals surface area contributed by atoms with E-state index in [2.05, 4.69) is 5.32 Å². The molecular formula is C11H23NO3S. The molecule has 5 heteroatoms. The van der Waals surface area contributed by atoms with Gasteiger partial charge in [0.05, 0.1) is 6.61 Å². The minimum Gasteiger partial charge on any atom is -0.480 e. The maximum absolute atomic E-state index is 11.2. The number of hydrogen-bond acceptors (Lipinski definition) is 4. The van der Waals surface area contributed by atoms with Gasteiger partial charge in [-0.05, 0) is 39.4 Å². The first kappa shape index (κ1) is 15.7. The van der Waals surface area contributed by atoms with Crippen molar-refractivity contribution in [3.8, 4) is 0 Å². The molecule has 0 aliphatic carbocycles. The fourth-order valence-corrected chi connectivity index (χ4v) is 2.25. The number of aliphatic hydroxyl groups excluding tert-OH is 1. The predicted octanol–water partition coefficient (Wildman–Crippen LogP) is 1.33. The summed E-state index contributed by atoms with van der Waals surface area (Å²) in [5.41, 5.74) is -0.839.